The molecule has 1 aromatic heterocycles. The van der Waals surface area contributed by atoms with Gasteiger partial charge in [0.15, 0.2) is 0 Å². The molecule has 0 aliphatic heterocycles. The molecule has 0 amide bonds. The van der Waals surface area contributed by atoms with Crippen LogP contribution < -0.4 is 11.2 Å². The van der Waals surface area contributed by atoms with Gasteiger partial charge in [0.2, 0.25) is 0 Å². The molecule has 0 spiro atoms. The van der Waals surface area contributed by atoms with Crippen LogP contribution in [0.2, 0.25) is 0 Å². The van der Waals surface area contributed by atoms with Crippen molar-refractivity contribution in [1.82, 2.24) is 4.98 Å². The minimum Gasteiger partial charge on any atom is -0.423 e. The second-order valence-corrected chi connectivity index (χ2v) is 10.3. The second-order valence-electron chi connectivity index (χ2n) is 7.48. The number of H-pyrrole nitrogens is 1. The first-order valence-corrected chi connectivity index (χ1v) is 12.4. The van der Waals surface area contributed by atoms with Crippen molar-refractivity contribution in [3.05, 3.63) is 124 Å². The highest BCUT2D eigenvalue weighted by molar-refractivity contribution is 9.28. The van der Waals surface area contributed by atoms with Gasteiger partial charge in [-0.3, -0.25) is 0 Å². The monoisotopic (exact) mass is 590 g/mol. The summed E-state index contributed by atoms with van der Waals surface area (Å²) in [6.45, 7) is 0. The smallest absolute Gasteiger partial charge is 0.423 e. The van der Waals surface area contributed by atoms with Crippen molar-refractivity contribution in [3.63, 3.8) is 0 Å². The van der Waals surface area contributed by atoms with Gasteiger partial charge in [-0.2, -0.15) is 0 Å². The molecule has 176 valence electrons. The number of hydrogen-bond donors (Lipinski definition) is 4. The third kappa shape index (κ3) is 8.57. The summed E-state index contributed by atoms with van der Waals surface area (Å²) in [5.41, 5.74) is 11.6. The number of nitrogens with two attached hydrogens (primary N) is 1. The first-order chi connectivity index (χ1) is 16.9. The van der Waals surface area contributed by atoms with E-state index in [4.69, 9.17) is 15.8 Å². The highest BCUT2D eigenvalue weighted by atomic mass is 79.9. The second kappa shape index (κ2) is 13.7. The van der Waals surface area contributed by atoms with Crippen LogP contribution in [0.4, 0.5) is 5.69 Å². The number of rotatable bonds is 3. The molecule has 5 N–H and O–H groups in total. The van der Waals surface area contributed by atoms with E-state index in [9.17, 15) is 0 Å². The predicted molar refractivity (Wildman–Crippen MR) is 157 cm³/mol. The molecule has 0 bridgehead atoms. The minimum absolute atomic E-state index is 0.525. The Morgan fingerprint density at radius 2 is 1.31 bits per heavy atom. The lowest BCUT2D eigenvalue weighted by molar-refractivity contribution is 0.426. The Bertz CT molecular complexity index is 1320. The number of fused-ring (bicyclic) bond motifs is 1. The molecule has 4 aromatic carbocycles. The van der Waals surface area contributed by atoms with Gasteiger partial charge in [-0.15, -0.1) is 0 Å². The predicted octanol–water partition coefficient (Wildman–Crippen LogP) is 6.56. The zero-order valence-corrected chi connectivity index (χ0v) is 22.0. The normalized spacial score (nSPS) is 9.83. The largest absolute Gasteiger partial charge is 0.488 e. The van der Waals surface area contributed by atoms with E-state index in [0.29, 0.717) is 5.46 Å². The maximum absolute atomic E-state index is 8.58. The van der Waals surface area contributed by atoms with E-state index in [1.54, 1.807) is 24.3 Å². The third-order valence-electron chi connectivity index (χ3n) is 4.97. The zero-order chi connectivity index (χ0) is 25.0. The van der Waals surface area contributed by atoms with E-state index in [-0.39, 0.29) is 0 Å². The molecule has 0 radical (unpaired) electrons. The van der Waals surface area contributed by atoms with Crippen LogP contribution in [0.3, 0.4) is 0 Å². The average molecular weight is 592 g/mol. The van der Waals surface area contributed by atoms with Crippen LogP contribution in [-0.2, 0) is 0 Å². The summed E-state index contributed by atoms with van der Waals surface area (Å²) >= 11 is 6.53. The average Bonchev–Trinajstić information content (AvgIpc) is 3.32. The van der Waals surface area contributed by atoms with Crippen LogP contribution >= 0.6 is 31.9 Å². The maximum Gasteiger partial charge on any atom is 0.488 e. The molecule has 5 rings (SSSR count). The highest BCUT2D eigenvalue weighted by Crippen LogP contribution is 2.23. The van der Waals surface area contributed by atoms with Crippen LogP contribution in [0.5, 0.6) is 0 Å². The Morgan fingerprint density at radius 3 is 1.89 bits per heavy atom. The summed E-state index contributed by atoms with van der Waals surface area (Å²) < 4.78 is 0.892. The molecule has 0 unspecified atom stereocenters. The Hall–Kier alpha value is -3.10. The van der Waals surface area contributed by atoms with Gasteiger partial charge in [0, 0.05) is 22.3 Å². The molecule has 0 atom stereocenters. The lowest BCUT2D eigenvalue weighted by Crippen LogP contribution is -2.29. The molecule has 5 aromatic rings. The summed E-state index contributed by atoms with van der Waals surface area (Å²) in [5.74, 6) is 0. The maximum atomic E-state index is 8.58. The number of hydrogen-bond acceptors (Lipinski definition) is 3. The number of halogens is 2. The van der Waals surface area contributed by atoms with Gasteiger partial charge >= 0.3 is 7.12 Å². The lowest BCUT2D eigenvalue weighted by Gasteiger charge is -1.97. The quantitative estimate of drug-likeness (QED) is 0.142. The summed E-state index contributed by atoms with van der Waals surface area (Å²) in [4.78, 5) is 3.41. The molecule has 7 heteroatoms. The lowest BCUT2D eigenvalue weighted by atomic mass is 9.81. The fourth-order valence-corrected chi connectivity index (χ4v) is 3.72. The Balaban J connectivity index is 0.000000153. The van der Waals surface area contributed by atoms with E-state index in [1.807, 2.05) is 48.5 Å². The van der Waals surface area contributed by atoms with Gasteiger partial charge in [0.1, 0.15) is 0 Å². The summed E-state index contributed by atoms with van der Waals surface area (Å²) in [6, 6.07) is 37.2. The van der Waals surface area contributed by atoms with E-state index >= 15 is 0 Å². The molecule has 4 nitrogen and oxygen atoms in total. The van der Waals surface area contributed by atoms with Crippen LogP contribution in [0.25, 0.3) is 28.2 Å². The van der Waals surface area contributed by atoms with Gasteiger partial charge in [-0.05, 0) is 72.7 Å². The van der Waals surface area contributed by atoms with Crippen molar-refractivity contribution in [2.24, 2.45) is 0 Å². The van der Waals surface area contributed by atoms with Crippen molar-refractivity contribution < 1.29 is 10.0 Å². The zero-order valence-electron chi connectivity index (χ0n) is 18.9. The van der Waals surface area contributed by atoms with Crippen LogP contribution in [0.15, 0.2) is 119 Å². The molecule has 0 aliphatic rings. The topological polar surface area (TPSA) is 82.3 Å². The van der Waals surface area contributed by atoms with Crippen molar-refractivity contribution >= 4 is 67.1 Å². The van der Waals surface area contributed by atoms with E-state index < -0.39 is 7.12 Å². The van der Waals surface area contributed by atoms with Crippen molar-refractivity contribution in [3.8, 4) is 11.3 Å². The Labute approximate surface area is 222 Å². The van der Waals surface area contributed by atoms with Crippen LogP contribution in [-0.4, -0.2) is 22.2 Å². The first kappa shape index (κ1) is 26.5. The van der Waals surface area contributed by atoms with Crippen LogP contribution in [0.1, 0.15) is 5.56 Å². The fourth-order valence-electron chi connectivity index (χ4n) is 3.23. The van der Waals surface area contributed by atoms with Crippen LogP contribution in [0, 0.1) is 0 Å². The minimum atomic E-state index is -1.34. The SMILES string of the molecule is Nc1ccccc1C=C(Br)Br.OB(O)c1ccccc1.c1ccc(-c2cc3ccccc3[nH]2)cc1. The Morgan fingerprint density at radius 1 is 0.743 bits per heavy atom. The van der Waals surface area contributed by atoms with E-state index in [1.165, 1.54) is 22.2 Å². The standard InChI is InChI=1S/C14H11N.C8H7Br2N.C6H7BO2/c1-2-6-11(7-3-1)14-10-12-8-4-5-9-13(12)15-14;9-8(10)5-6-3-1-2-4-7(6)11;8-7(9)6-4-2-1-3-5-6/h1-10,15H;1-5H,11H2;1-5,8-9H. The molecule has 0 saturated carbocycles. The van der Waals surface area contributed by atoms with Gasteiger partial charge in [0.05, 0.1) is 3.39 Å². The van der Waals surface area contributed by atoms with Gasteiger partial charge in [-0.1, -0.05) is 97.1 Å². The molecular weight excluding hydrogens is 567 g/mol. The van der Waals surface area contributed by atoms with E-state index in [0.717, 1.165) is 14.6 Å². The summed E-state index contributed by atoms with van der Waals surface area (Å²) in [7, 11) is -1.34. The fraction of sp³-hybridized carbons (Fsp3) is 0. The van der Waals surface area contributed by atoms with E-state index in [2.05, 4.69) is 85.4 Å². The number of aromatic nitrogens is 1. The summed E-state index contributed by atoms with van der Waals surface area (Å²) in [5, 5.41) is 18.4. The Kier molecular flexibility index (Phi) is 10.4. The molecule has 35 heavy (non-hydrogen) atoms. The number of anilines is 1. The van der Waals surface area contributed by atoms with Crippen molar-refractivity contribution in [1.29, 1.82) is 0 Å². The molecule has 0 saturated heterocycles. The first-order valence-electron chi connectivity index (χ1n) is 10.9. The molecular formula is C28H25BBr2N2O2. The molecule has 1 heterocycles. The number of aromatic amines is 1. The van der Waals surface area contributed by atoms with Gasteiger partial charge in [-0.25, -0.2) is 0 Å². The van der Waals surface area contributed by atoms with Crippen molar-refractivity contribution in [2.45, 2.75) is 0 Å². The molecule has 0 aliphatic carbocycles. The van der Waals surface area contributed by atoms with Crippen molar-refractivity contribution in [2.75, 3.05) is 5.73 Å². The van der Waals surface area contributed by atoms with Gasteiger partial charge in [0.25, 0.3) is 0 Å². The van der Waals surface area contributed by atoms with Gasteiger partial charge < -0.3 is 20.8 Å². The third-order valence-corrected chi connectivity index (χ3v) is 5.43. The highest BCUT2D eigenvalue weighted by Gasteiger charge is 2.07. The molecule has 0 fully saturated rings. The summed E-state index contributed by atoms with van der Waals surface area (Å²) in [6.07, 6.45) is 1.91. The number of nitrogens with one attached hydrogen (secondary N) is 1. The number of nitrogen functional groups attached to an aromatic ring is 1. The number of para-hydroxylation sites is 2. The number of benzene rings is 4.